The maximum atomic E-state index is 4.21. The highest BCUT2D eigenvalue weighted by Crippen LogP contribution is 2.26. The van der Waals surface area contributed by atoms with Gasteiger partial charge in [0, 0.05) is 25.4 Å². The van der Waals surface area contributed by atoms with Crippen LogP contribution in [0.25, 0.3) is 0 Å². The molecular weight excluding hydrogens is 174 g/mol. The number of nitrogens with zero attached hydrogens (tertiary/aromatic N) is 2. The van der Waals surface area contributed by atoms with Crippen LogP contribution in [-0.2, 0) is 0 Å². The predicted molar refractivity (Wildman–Crippen MR) is 58.4 cm³/mol. The fourth-order valence-corrected chi connectivity index (χ4v) is 2.22. The largest absolute Gasteiger partial charge is 0.355 e. The smallest absolute Gasteiger partial charge is 0.150 e. The first-order valence-electron chi connectivity index (χ1n) is 5.52. The van der Waals surface area contributed by atoms with Gasteiger partial charge in [-0.3, -0.25) is 5.10 Å². The first kappa shape index (κ1) is 9.56. The van der Waals surface area contributed by atoms with Crippen molar-refractivity contribution in [2.45, 2.75) is 26.7 Å². The molecular formula is C11H19N3. The molecule has 2 rings (SSSR count). The van der Waals surface area contributed by atoms with Crippen molar-refractivity contribution in [3.05, 3.63) is 12.3 Å². The quantitative estimate of drug-likeness (QED) is 0.781. The molecule has 1 aliphatic heterocycles. The van der Waals surface area contributed by atoms with E-state index in [2.05, 4.69) is 35.0 Å². The summed E-state index contributed by atoms with van der Waals surface area (Å²) in [4.78, 5) is 2.37. The van der Waals surface area contributed by atoms with Gasteiger partial charge in [0.2, 0.25) is 0 Å². The normalized spacial score (nSPS) is 19.2. The summed E-state index contributed by atoms with van der Waals surface area (Å²) < 4.78 is 0. The zero-order chi connectivity index (χ0) is 9.97. The molecule has 3 heteroatoms. The molecule has 1 aromatic heterocycles. The van der Waals surface area contributed by atoms with E-state index in [0.717, 1.165) is 30.7 Å². The molecule has 2 heterocycles. The summed E-state index contributed by atoms with van der Waals surface area (Å²) in [6, 6.07) is 2.05. The molecule has 0 aliphatic carbocycles. The molecule has 0 spiro atoms. The van der Waals surface area contributed by atoms with Crippen LogP contribution >= 0.6 is 0 Å². The zero-order valence-electron chi connectivity index (χ0n) is 9.03. The van der Waals surface area contributed by atoms with Crippen LogP contribution in [0.15, 0.2) is 12.3 Å². The third kappa shape index (κ3) is 1.91. The van der Waals surface area contributed by atoms with Crippen molar-refractivity contribution in [1.29, 1.82) is 0 Å². The number of rotatable bonds is 2. The molecule has 0 aromatic carbocycles. The molecule has 0 saturated carbocycles. The van der Waals surface area contributed by atoms with Crippen LogP contribution in [0.3, 0.4) is 0 Å². The van der Waals surface area contributed by atoms with E-state index in [1.165, 1.54) is 12.8 Å². The van der Waals surface area contributed by atoms with E-state index >= 15 is 0 Å². The van der Waals surface area contributed by atoms with Crippen LogP contribution in [0.5, 0.6) is 0 Å². The molecule has 1 saturated heterocycles. The average Bonchev–Trinajstić information content (AvgIpc) is 2.71. The van der Waals surface area contributed by atoms with Crippen molar-refractivity contribution in [2.75, 3.05) is 18.0 Å². The highest BCUT2D eigenvalue weighted by molar-refractivity contribution is 5.36. The Balaban J connectivity index is 1.90. The van der Waals surface area contributed by atoms with Gasteiger partial charge in [-0.05, 0) is 24.7 Å². The Hall–Kier alpha value is -0.990. The molecule has 1 aliphatic rings. The zero-order valence-corrected chi connectivity index (χ0v) is 9.03. The number of hydrogen-bond donors (Lipinski definition) is 1. The minimum atomic E-state index is 0.830. The van der Waals surface area contributed by atoms with Gasteiger partial charge in [0.15, 0.2) is 0 Å². The molecule has 0 radical (unpaired) electrons. The second-order valence-corrected chi connectivity index (χ2v) is 4.50. The molecule has 0 amide bonds. The van der Waals surface area contributed by atoms with Crippen LogP contribution in [0, 0.1) is 11.8 Å². The van der Waals surface area contributed by atoms with Crippen LogP contribution in [0.1, 0.15) is 26.7 Å². The Morgan fingerprint density at radius 3 is 2.64 bits per heavy atom. The lowest BCUT2D eigenvalue weighted by Gasteiger charge is -2.33. The summed E-state index contributed by atoms with van der Waals surface area (Å²) in [5.41, 5.74) is 0. The van der Waals surface area contributed by atoms with Gasteiger partial charge in [0.1, 0.15) is 5.82 Å². The van der Waals surface area contributed by atoms with Gasteiger partial charge >= 0.3 is 0 Å². The number of anilines is 1. The van der Waals surface area contributed by atoms with Gasteiger partial charge in [-0.2, -0.15) is 5.10 Å². The van der Waals surface area contributed by atoms with Crippen LogP contribution in [0.4, 0.5) is 5.82 Å². The number of aromatic nitrogens is 2. The van der Waals surface area contributed by atoms with Crippen LogP contribution in [0.2, 0.25) is 0 Å². The van der Waals surface area contributed by atoms with Crippen molar-refractivity contribution in [1.82, 2.24) is 10.2 Å². The summed E-state index contributed by atoms with van der Waals surface area (Å²) in [6.45, 7) is 6.98. The topological polar surface area (TPSA) is 31.9 Å². The molecule has 1 N–H and O–H groups in total. The standard InChI is InChI=1S/C11H19N3/c1-9(2)10-4-7-14(8-5-10)11-3-6-12-13-11/h3,6,9-10H,4-5,7-8H2,1-2H3,(H,12,13). The first-order chi connectivity index (χ1) is 6.77. The van der Waals surface area contributed by atoms with Crippen LogP contribution in [-0.4, -0.2) is 23.3 Å². The van der Waals surface area contributed by atoms with Crippen molar-refractivity contribution < 1.29 is 0 Å². The maximum absolute atomic E-state index is 4.21. The molecule has 1 fully saturated rings. The van der Waals surface area contributed by atoms with E-state index in [4.69, 9.17) is 0 Å². The van der Waals surface area contributed by atoms with Gasteiger partial charge in [0.25, 0.3) is 0 Å². The minimum absolute atomic E-state index is 0.830. The number of hydrogen-bond acceptors (Lipinski definition) is 2. The molecule has 78 valence electrons. The van der Waals surface area contributed by atoms with E-state index in [0.29, 0.717) is 0 Å². The third-order valence-corrected chi connectivity index (χ3v) is 3.29. The molecule has 0 unspecified atom stereocenters. The summed E-state index contributed by atoms with van der Waals surface area (Å²) >= 11 is 0. The molecule has 0 bridgehead atoms. The Morgan fingerprint density at radius 1 is 1.43 bits per heavy atom. The van der Waals surface area contributed by atoms with Crippen molar-refractivity contribution >= 4 is 5.82 Å². The fourth-order valence-electron chi connectivity index (χ4n) is 2.22. The van der Waals surface area contributed by atoms with Gasteiger partial charge in [-0.15, -0.1) is 0 Å². The Morgan fingerprint density at radius 2 is 2.14 bits per heavy atom. The lowest BCUT2D eigenvalue weighted by Crippen LogP contribution is -2.35. The summed E-state index contributed by atoms with van der Waals surface area (Å²) in [6.07, 6.45) is 4.51. The molecule has 0 atom stereocenters. The Bertz CT molecular complexity index is 258. The Labute approximate surface area is 85.5 Å². The fraction of sp³-hybridized carbons (Fsp3) is 0.727. The lowest BCUT2D eigenvalue weighted by atomic mass is 9.87. The third-order valence-electron chi connectivity index (χ3n) is 3.29. The monoisotopic (exact) mass is 193 g/mol. The molecule has 3 nitrogen and oxygen atoms in total. The molecule has 1 aromatic rings. The number of piperidine rings is 1. The molecule has 14 heavy (non-hydrogen) atoms. The van der Waals surface area contributed by atoms with Gasteiger partial charge < -0.3 is 4.90 Å². The van der Waals surface area contributed by atoms with E-state index in [-0.39, 0.29) is 0 Å². The second-order valence-electron chi connectivity index (χ2n) is 4.50. The van der Waals surface area contributed by atoms with E-state index in [1.54, 1.807) is 0 Å². The van der Waals surface area contributed by atoms with Gasteiger partial charge in [-0.1, -0.05) is 13.8 Å². The predicted octanol–water partition coefficient (Wildman–Crippen LogP) is 2.28. The highest BCUT2D eigenvalue weighted by atomic mass is 15.3. The number of nitrogens with one attached hydrogen (secondary N) is 1. The Kier molecular flexibility index (Phi) is 2.75. The van der Waals surface area contributed by atoms with Crippen molar-refractivity contribution in [3.8, 4) is 0 Å². The lowest BCUT2D eigenvalue weighted by molar-refractivity contribution is 0.310. The summed E-state index contributed by atoms with van der Waals surface area (Å²) in [7, 11) is 0. The van der Waals surface area contributed by atoms with Crippen molar-refractivity contribution in [2.24, 2.45) is 11.8 Å². The summed E-state index contributed by atoms with van der Waals surface area (Å²) in [5.74, 6) is 2.84. The van der Waals surface area contributed by atoms with E-state index in [1.807, 2.05) is 6.20 Å². The van der Waals surface area contributed by atoms with Gasteiger partial charge in [0.05, 0.1) is 0 Å². The average molecular weight is 193 g/mol. The van der Waals surface area contributed by atoms with Crippen molar-refractivity contribution in [3.63, 3.8) is 0 Å². The number of H-pyrrole nitrogens is 1. The first-order valence-corrected chi connectivity index (χ1v) is 5.52. The minimum Gasteiger partial charge on any atom is -0.355 e. The van der Waals surface area contributed by atoms with E-state index in [9.17, 15) is 0 Å². The summed E-state index contributed by atoms with van der Waals surface area (Å²) in [5, 5.41) is 7.08. The SMILES string of the molecule is CC(C)C1CCN(c2cc[nH]n2)CC1. The highest BCUT2D eigenvalue weighted by Gasteiger charge is 2.22. The van der Waals surface area contributed by atoms with E-state index < -0.39 is 0 Å². The van der Waals surface area contributed by atoms with Gasteiger partial charge in [-0.25, -0.2) is 0 Å². The maximum Gasteiger partial charge on any atom is 0.150 e. The number of aromatic amines is 1. The van der Waals surface area contributed by atoms with Crippen LogP contribution < -0.4 is 4.90 Å². The second kappa shape index (κ2) is 4.03.